The van der Waals surface area contributed by atoms with Crippen LogP contribution >= 0.6 is 0 Å². The summed E-state index contributed by atoms with van der Waals surface area (Å²) in [4.78, 5) is 16.3. The maximum Gasteiger partial charge on any atom is 0.243 e. The molecule has 0 aliphatic carbocycles. The summed E-state index contributed by atoms with van der Waals surface area (Å²) in [6.45, 7) is 0.553. The zero-order chi connectivity index (χ0) is 20.6. The van der Waals surface area contributed by atoms with Crippen molar-refractivity contribution in [1.29, 1.82) is 0 Å². The highest BCUT2D eigenvalue weighted by Crippen LogP contribution is 2.10. The second-order valence-corrected chi connectivity index (χ2v) is 8.09. The number of nitrogens with zero attached hydrogens (tertiary/aromatic N) is 1. The first kappa shape index (κ1) is 21.4. The molecule has 0 fully saturated rings. The average molecular weight is 406 g/mol. The fraction of sp³-hybridized carbons (Fsp3) is 0.263. The first-order chi connectivity index (χ1) is 13.3. The van der Waals surface area contributed by atoms with Gasteiger partial charge in [-0.1, -0.05) is 12.1 Å². The molecule has 2 aromatic rings. The summed E-state index contributed by atoms with van der Waals surface area (Å²) in [5, 5.41) is 8.62. The molecule has 28 heavy (non-hydrogen) atoms. The smallest absolute Gasteiger partial charge is 0.243 e. The topological polar surface area (TPSA) is 99.7 Å². The third kappa shape index (κ3) is 6.99. The number of rotatable bonds is 7. The van der Waals surface area contributed by atoms with Crippen LogP contribution in [-0.4, -0.2) is 46.7 Å². The predicted molar refractivity (Wildman–Crippen MR) is 108 cm³/mol. The Balaban J connectivity index is 1.75. The summed E-state index contributed by atoms with van der Waals surface area (Å²) >= 11 is 0. The molecular formula is C19H23FN4O3S. The quantitative estimate of drug-likeness (QED) is 0.479. The molecule has 1 amide bonds. The van der Waals surface area contributed by atoms with Gasteiger partial charge in [0.1, 0.15) is 5.82 Å². The molecule has 0 aliphatic heterocycles. The Morgan fingerprint density at radius 3 is 2.25 bits per heavy atom. The number of halogens is 1. The van der Waals surface area contributed by atoms with Gasteiger partial charge in [-0.05, 0) is 48.4 Å². The van der Waals surface area contributed by atoms with Gasteiger partial charge in [0, 0.05) is 25.5 Å². The lowest BCUT2D eigenvalue weighted by Crippen LogP contribution is -2.42. The molecule has 0 heterocycles. The van der Waals surface area contributed by atoms with Crippen LogP contribution in [-0.2, 0) is 21.1 Å². The Bertz CT molecular complexity index is 927. The maximum absolute atomic E-state index is 12.9. The molecule has 0 spiro atoms. The SMILES string of the molecule is CN=C(NCCc1ccc(S(C)(=O)=O)cc1)NCC(=O)Nc1ccc(F)cc1. The Kier molecular flexibility index (Phi) is 7.51. The molecule has 2 aromatic carbocycles. The van der Waals surface area contributed by atoms with Gasteiger partial charge in [-0.15, -0.1) is 0 Å². The monoisotopic (exact) mass is 406 g/mol. The molecule has 7 nitrogen and oxygen atoms in total. The molecule has 0 atom stereocenters. The van der Waals surface area contributed by atoms with Crippen molar-refractivity contribution in [3.63, 3.8) is 0 Å². The van der Waals surface area contributed by atoms with Crippen molar-refractivity contribution in [3.8, 4) is 0 Å². The number of hydrogen-bond donors (Lipinski definition) is 3. The summed E-state index contributed by atoms with van der Waals surface area (Å²) < 4.78 is 35.8. The largest absolute Gasteiger partial charge is 0.356 e. The molecule has 3 N–H and O–H groups in total. The van der Waals surface area contributed by atoms with Crippen molar-refractivity contribution >= 4 is 27.4 Å². The van der Waals surface area contributed by atoms with Crippen LogP contribution in [0.4, 0.5) is 10.1 Å². The van der Waals surface area contributed by atoms with Gasteiger partial charge in [-0.3, -0.25) is 9.79 Å². The molecule has 2 rings (SSSR count). The first-order valence-corrected chi connectivity index (χ1v) is 10.5. The minimum atomic E-state index is -3.20. The molecule has 150 valence electrons. The van der Waals surface area contributed by atoms with Gasteiger partial charge in [0.2, 0.25) is 5.91 Å². The van der Waals surface area contributed by atoms with E-state index in [1.54, 1.807) is 31.3 Å². The Morgan fingerprint density at radius 1 is 1.04 bits per heavy atom. The molecule has 0 saturated carbocycles. The number of aliphatic imine (C=N–C) groups is 1. The maximum atomic E-state index is 12.9. The van der Waals surface area contributed by atoms with Crippen molar-refractivity contribution in [1.82, 2.24) is 10.6 Å². The highest BCUT2D eigenvalue weighted by atomic mass is 32.2. The van der Waals surface area contributed by atoms with Crippen molar-refractivity contribution < 1.29 is 17.6 Å². The number of hydrogen-bond acceptors (Lipinski definition) is 4. The summed E-state index contributed by atoms with van der Waals surface area (Å²) in [6, 6.07) is 12.2. The van der Waals surface area contributed by atoms with E-state index in [0.717, 1.165) is 5.56 Å². The lowest BCUT2D eigenvalue weighted by molar-refractivity contribution is -0.115. The standard InChI is InChI=1S/C19H23FN4O3S/c1-21-19(23-13-18(25)24-16-7-5-15(20)6-8-16)22-12-11-14-3-9-17(10-4-14)28(2,26)27/h3-10H,11-13H2,1-2H3,(H,24,25)(H2,21,22,23). The summed E-state index contributed by atoms with van der Waals surface area (Å²) in [6.07, 6.45) is 1.83. The van der Waals surface area contributed by atoms with Gasteiger partial charge in [-0.2, -0.15) is 0 Å². The van der Waals surface area contributed by atoms with Crippen LogP contribution in [0.2, 0.25) is 0 Å². The fourth-order valence-electron chi connectivity index (χ4n) is 2.35. The normalized spacial score (nSPS) is 11.8. The van der Waals surface area contributed by atoms with E-state index in [4.69, 9.17) is 0 Å². The molecule has 9 heteroatoms. The van der Waals surface area contributed by atoms with Crippen molar-refractivity contribution in [2.75, 3.05) is 31.7 Å². The van der Waals surface area contributed by atoms with Crippen molar-refractivity contribution in [2.24, 2.45) is 4.99 Å². The zero-order valence-electron chi connectivity index (χ0n) is 15.7. The van der Waals surface area contributed by atoms with E-state index in [0.29, 0.717) is 24.6 Å². The molecule has 0 unspecified atom stereocenters. The van der Waals surface area contributed by atoms with E-state index in [1.165, 1.54) is 30.5 Å². The van der Waals surface area contributed by atoms with Crippen LogP contribution in [0.1, 0.15) is 5.56 Å². The van der Waals surface area contributed by atoms with E-state index in [1.807, 2.05) is 0 Å². The Morgan fingerprint density at radius 2 is 1.68 bits per heavy atom. The minimum Gasteiger partial charge on any atom is -0.356 e. The van der Waals surface area contributed by atoms with E-state index in [-0.39, 0.29) is 23.2 Å². The predicted octanol–water partition coefficient (Wildman–Crippen LogP) is 1.58. The van der Waals surface area contributed by atoms with Crippen molar-refractivity contribution in [2.45, 2.75) is 11.3 Å². The van der Waals surface area contributed by atoms with Crippen molar-refractivity contribution in [3.05, 3.63) is 59.9 Å². The van der Waals surface area contributed by atoms with Gasteiger partial charge in [0.25, 0.3) is 0 Å². The van der Waals surface area contributed by atoms with Crippen LogP contribution in [0.3, 0.4) is 0 Å². The van der Waals surface area contributed by atoms with Crippen LogP contribution in [0.25, 0.3) is 0 Å². The van der Waals surface area contributed by atoms with E-state index in [9.17, 15) is 17.6 Å². The summed E-state index contributed by atoms with van der Waals surface area (Å²) in [5.74, 6) is -0.195. The Labute approximate surface area is 164 Å². The van der Waals surface area contributed by atoms with Crippen LogP contribution in [0, 0.1) is 5.82 Å². The van der Waals surface area contributed by atoms with E-state index in [2.05, 4.69) is 20.9 Å². The van der Waals surface area contributed by atoms with E-state index < -0.39 is 9.84 Å². The molecule has 0 bridgehead atoms. The van der Waals surface area contributed by atoms with Crippen LogP contribution in [0.5, 0.6) is 0 Å². The van der Waals surface area contributed by atoms with Crippen LogP contribution in [0.15, 0.2) is 58.4 Å². The number of amides is 1. The third-order valence-corrected chi connectivity index (χ3v) is 4.95. The van der Waals surface area contributed by atoms with Crippen LogP contribution < -0.4 is 16.0 Å². The number of guanidine groups is 1. The lowest BCUT2D eigenvalue weighted by Gasteiger charge is -2.12. The fourth-order valence-corrected chi connectivity index (χ4v) is 2.98. The number of sulfone groups is 1. The highest BCUT2D eigenvalue weighted by molar-refractivity contribution is 7.90. The van der Waals surface area contributed by atoms with Gasteiger partial charge >= 0.3 is 0 Å². The van der Waals surface area contributed by atoms with E-state index >= 15 is 0 Å². The number of anilines is 1. The Hall–Kier alpha value is -2.94. The number of benzene rings is 2. The number of carbonyl (C=O) groups excluding carboxylic acids is 1. The average Bonchev–Trinajstić information content (AvgIpc) is 2.66. The number of nitrogens with one attached hydrogen (secondary N) is 3. The third-order valence-electron chi connectivity index (χ3n) is 3.83. The van der Waals surface area contributed by atoms with Gasteiger partial charge < -0.3 is 16.0 Å². The molecule has 0 saturated heterocycles. The van der Waals surface area contributed by atoms with Gasteiger partial charge in [-0.25, -0.2) is 12.8 Å². The minimum absolute atomic E-state index is 0.000105. The lowest BCUT2D eigenvalue weighted by atomic mass is 10.1. The highest BCUT2D eigenvalue weighted by Gasteiger charge is 2.07. The number of carbonyl (C=O) groups is 1. The summed E-state index contributed by atoms with van der Waals surface area (Å²) in [5.41, 5.74) is 1.48. The molecular weight excluding hydrogens is 383 g/mol. The second kappa shape index (κ2) is 9.84. The summed E-state index contributed by atoms with van der Waals surface area (Å²) in [7, 11) is -1.61. The molecule has 0 aromatic heterocycles. The van der Waals surface area contributed by atoms with Gasteiger partial charge in [0.05, 0.1) is 11.4 Å². The molecule has 0 aliphatic rings. The molecule has 0 radical (unpaired) electrons. The first-order valence-electron chi connectivity index (χ1n) is 8.57. The zero-order valence-corrected chi connectivity index (χ0v) is 16.5. The van der Waals surface area contributed by atoms with Gasteiger partial charge in [0.15, 0.2) is 15.8 Å². The second-order valence-electron chi connectivity index (χ2n) is 6.07.